The van der Waals surface area contributed by atoms with Crippen molar-refractivity contribution in [2.24, 2.45) is 0 Å². The van der Waals surface area contributed by atoms with Crippen molar-refractivity contribution in [3.63, 3.8) is 0 Å². The van der Waals surface area contributed by atoms with Crippen molar-refractivity contribution >= 4 is 27.3 Å². The van der Waals surface area contributed by atoms with Gasteiger partial charge in [0.1, 0.15) is 5.82 Å². The molecule has 0 heterocycles. The second-order valence-electron chi connectivity index (χ2n) is 7.29. The maximum atomic E-state index is 15.4. The van der Waals surface area contributed by atoms with Gasteiger partial charge in [0.15, 0.2) is 0 Å². The molecular formula is C20H17ClF5NO3S. The number of halogens is 6. The summed E-state index contributed by atoms with van der Waals surface area (Å²) in [5, 5.41) is -0.387. The van der Waals surface area contributed by atoms with Crippen LogP contribution in [-0.2, 0) is 16.0 Å². The van der Waals surface area contributed by atoms with E-state index in [4.69, 9.17) is 11.6 Å². The average Bonchev–Trinajstić information content (AvgIpc) is 2.71. The lowest BCUT2D eigenvalue weighted by atomic mass is 9.93. The first-order valence-electron chi connectivity index (χ1n) is 9.20. The Bertz CT molecular complexity index is 1100. The third kappa shape index (κ3) is 4.85. The highest BCUT2D eigenvalue weighted by Crippen LogP contribution is 2.41. The van der Waals surface area contributed by atoms with Crippen molar-refractivity contribution in [2.45, 2.75) is 47.8 Å². The molecule has 4 nitrogen and oxygen atoms in total. The van der Waals surface area contributed by atoms with Crippen molar-refractivity contribution in [1.82, 2.24) is 5.32 Å². The summed E-state index contributed by atoms with van der Waals surface area (Å²) in [4.78, 5) is 11.5. The van der Waals surface area contributed by atoms with Gasteiger partial charge in [0.2, 0.25) is 14.8 Å². The maximum absolute atomic E-state index is 15.4. The first-order chi connectivity index (χ1) is 14.3. The molecular weight excluding hydrogens is 465 g/mol. The van der Waals surface area contributed by atoms with Crippen molar-refractivity contribution in [2.75, 3.05) is 0 Å². The van der Waals surface area contributed by atoms with E-state index >= 15 is 4.39 Å². The van der Waals surface area contributed by atoms with Gasteiger partial charge in [0.25, 0.3) is 5.91 Å². The Balaban J connectivity index is 1.71. The van der Waals surface area contributed by atoms with Crippen LogP contribution in [-0.4, -0.2) is 25.4 Å². The van der Waals surface area contributed by atoms with Gasteiger partial charge in [-0.25, -0.2) is 17.2 Å². The van der Waals surface area contributed by atoms with Crippen molar-refractivity contribution in [3.05, 3.63) is 64.4 Å². The van der Waals surface area contributed by atoms with E-state index in [1.807, 2.05) is 0 Å². The van der Waals surface area contributed by atoms with Gasteiger partial charge in [0, 0.05) is 11.6 Å². The van der Waals surface area contributed by atoms with E-state index in [2.05, 4.69) is 5.32 Å². The Kier molecular flexibility index (Phi) is 6.35. The molecule has 11 heteroatoms. The Hall–Kier alpha value is -2.20. The van der Waals surface area contributed by atoms with Crippen LogP contribution in [0.1, 0.15) is 41.6 Å². The minimum absolute atomic E-state index is 0.0463. The van der Waals surface area contributed by atoms with Crippen LogP contribution in [0, 0.1) is 5.82 Å². The number of nitrogens with one attached hydrogen (secondary N) is 1. The summed E-state index contributed by atoms with van der Waals surface area (Å²) in [6.45, 7) is 0. The minimum atomic E-state index is -4.76. The third-order valence-corrected chi connectivity index (χ3v) is 7.74. The summed E-state index contributed by atoms with van der Waals surface area (Å²) in [5.74, 6) is -1.28. The largest absolute Gasteiger partial charge is 0.416 e. The molecule has 0 unspecified atom stereocenters. The van der Waals surface area contributed by atoms with Gasteiger partial charge in [-0.05, 0) is 62.1 Å². The SMILES string of the molecule is O=C(NC1CCC(F)(S(=O)(=O)c2cccc(C(F)(F)F)c2)CC1)c1ccc(F)c(Cl)c1. The molecule has 1 saturated carbocycles. The molecule has 0 aliphatic heterocycles. The Morgan fingerprint density at radius 2 is 1.74 bits per heavy atom. The predicted molar refractivity (Wildman–Crippen MR) is 104 cm³/mol. The fraction of sp³-hybridized carbons (Fsp3) is 0.350. The molecule has 0 bridgehead atoms. The van der Waals surface area contributed by atoms with E-state index < -0.39 is 62.1 Å². The van der Waals surface area contributed by atoms with Gasteiger partial charge in [-0.15, -0.1) is 0 Å². The summed E-state index contributed by atoms with van der Waals surface area (Å²) in [7, 11) is -4.70. The lowest BCUT2D eigenvalue weighted by Gasteiger charge is -2.34. The molecule has 2 aromatic rings. The normalized spacial score (nSPS) is 22.2. The number of hydrogen-bond donors (Lipinski definition) is 1. The van der Waals surface area contributed by atoms with Crippen molar-refractivity contribution < 1.29 is 35.2 Å². The van der Waals surface area contributed by atoms with E-state index in [1.165, 1.54) is 6.07 Å². The molecule has 1 N–H and O–H groups in total. The summed E-state index contributed by atoms with van der Waals surface area (Å²) in [6.07, 6.45) is -5.85. The molecule has 0 aromatic heterocycles. The van der Waals surface area contributed by atoms with Gasteiger partial charge >= 0.3 is 6.18 Å². The number of carbonyl (C=O) groups is 1. The lowest BCUT2D eigenvalue weighted by Crippen LogP contribution is -2.45. The van der Waals surface area contributed by atoms with Crippen LogP contribution in [0.3, 0.4) is 0 Å². The molecule has 1 amide bonds. The topological polar surface area (TPSA) is 63.2 Å². The van der Waals surface area contributed by atoms with Crippen LogP contribution >= 0.6 is 11.6 Å². The third-order valence-electron chi connectivity index (χ3n) is 5.20. The molecule has 1 fully saturated rings. The highest BCUT2D eigenvalue weighted by atomic mass is 35.5. The molecule has 1 aliphatic rings. The number of carbonyl (C=O) groups excluding carboxylic acids is 1. The molecule has 168 valence electrons. The zero-order valence-corrected chi connectivity index (χ0v) is 17.4. The number of rotatable bonds is 4. The lowest BCUT2D eigenvalue weighted by molar-refractivity contribution is -0.137. The van der Waals surface area contributed by atoms with E-state index in [1.54, 1.807) is 0 Å². The number of sulfone groups is 1. The predicted octanol–water partition coefficient (Wildman–Crippen LogP) is 5.31. The van der Waals surface area contributed by atoms with E-state index in [9.17, 15) is 30.8 Å². The average molecular weight is 482 g/mol. The van der Waals surface area contributed by atoms with E-state index in [0.29, 0.717) is 12.1 Å². The second-order valence-corrected chi connectivity index (χ2v) is 9.91. The van der Waals surface area contributed by atoms with Crippen LogP contribution in [0.25, 0.3) is 0 Å². The van der Waals surface area contributed by atoms with Gasteiger partial charge in [-0.3, -0.25) is 4.79 Å². The van der Waals surface area contributed by atoms with Crippen LogP contribution in [0.15, 0.2) is 47.4 Å². The summed E-state index contributed by atoms with van der Waals surface area (Å²) in [6, 6.07) is 5.78. The molecule has 0 atom stereocenters. The molecule has 1 aliphatic carbocycles. The molecule has 2 aromatic carbocycles. The van der Waals surface area contributed by atoms with Crippen molar-refractivity contribution in [3.8, 4) is 0 Å². The summed E-state index contributed by atoms with van der Waals surface area (Å²) >= 11 is 5.64. The standard InChI is InChI=1S/C20H17ClF5NO3S/c21-16-10-12(4-5-17(16)22)18(28)27-14-6-8-19(23,9-7-14)31(29,30)15-3-1-2-13(11-15)20(24,25)26/h1-5,10-11,14H,6-9H2,(H,27,28). The highest BCUT2D eigenvalue weighted by molar-refractivity contribution is 7.92. The van der Waals surface area contributed by atoms with Crippen LogP contribution < -0.4 is 5.32 Å². The Morgan fingerprint density at radius 1 is 1.10 bits per heavy atom. The smallest absolute Gasteiger partial charge is 0.349 e. The second kappa shape index (κ2) is 8.38. The van der Waals surface area contributed by atoms with Crippen LogP contribution in [0.5, 0.6) is 0 Å². The first kappa shape index (κ1) is 23.5. The molecule has 0 saturated heterocycles. The van der Waals surface area contributed by atoms with Crippen LogP contribution in [0.2, 0.25) is 5.02 Å². The number of amides is 1. The first-order valence-corrected chi connectivity index (χ1v) is 11.1. The van der Waals surface area contributed by atoms with Gasteiger partial charge in [-0.2, -0.15) is 13.2 Å². The van der Waals surface area contributed by atoms with E-state index in [-0.39, 0.29) is 23.4 Å². The quantitative estimate of drug-likeness (QED) is 0.602. The fourth-order valence-corrected chi connectivity index (χ4v) is 5.33. The molecule has 0 spiro atoms. The van der Waals surface area contributed by atoms with Crippen molar-refractivity contribution in [1.29, 1.82) is 0 Å². The molecule has 31 heavy (non-hydrogen) atoms. The fourth-order valence-electron chi connectivity index (χ4n) is 3.42. The summed E-state index contributed by atoms with van der Waals surface area (Å²) < 4.78 is 92.7. The number of benzene rings is 2. The van der Waals surface area contributed by atoms with Crippen LogP contribution in [0.4, 0.5) is 22.0 Å². The zero-order valence-electron chi connectivity index (χ0n) is 15.8. The number of alkyl halides is 4. The summed E-state index contributed by atoms with van der Waals surface area (Å²) in [5.41, 5.74) is -1.10. The maximum Gasteiger partial charge on any atom is 0.416 e. The monoisotopic (exact) mass is 481 g/mol. The Morgan fingerprint density at radius 3 is 2.32 bits per heavy atom. The zero-order chi connectivity index (χ0) is 23.0. The Labute approximate surface area is 180 Å². The molecule has 0 radical (unpaired) electrons. The van der Waals surface area contributed by atoms with E-state index in [0.717, 1.165) is 24.3 Å². The van der Waals surface area contributed by atoms with Gasteiger partial charge in [0.05, 0.1) is 15.5 Å². The highest BCUT2D eigenvalue weighted by Gasteiger charge is 2.48. The van der Waals surface area contributed by atoms with Gasteiger partial charge < -0.3 is 5.32 Å². The van der Waals surface area contributed by atoms with Gasteiger partial charge in [-0.1, -0.05) is 17.7 Å². The minimum Gasteiger partial charge on any atom is -0.349 e. The number of hydrogen-bond acceptors (Lipinski definition) is 3. The molecule has 3 rings (SSSR count).